The topological polar surface area (TPSA) is 50.2 Å². The molecular weight excluding hydrogens is 274 g/mol. The monoisotopic (exact) mass is 289 g/mol. The van der Waals surface area contributed by atoms with Crippen molar-refractivity contribution in [2.75, 3.05) is 0 Å². The SMILES string of the molecule is O=C(c1ccccc1-c1cccnc1)C(O)c1ccccc1. The number of pyridine rings is 1. The van der Waals surface area contributed by atoms with E-state index in [1.807, 2.05) is 30.3 Å². The van der Waals surface area contributed by atoms with E-state index in [-0.39, 0.29) is 5.78 Å². The number of carbonyl (C=O) groups is 1. The van der Waals surface area contributed by atoms with Gasteiger partial charge in [0.2, 0.25) is 0 Å². The summed E-state index contributed by atoms with van der Waals surface area (Å²) in [6, 6.07) is 19.9. The number of rotatable bonds is 4. The fourth-order valence-corrected chi connectivity index (χ4v) is 2.41. The van der Waals surface area contributed by atoms with Crippen LogP contribution in [-0.2, 0) is 0 Å². The first-order chi connectivity index (χ1) is 10.8. The van der Waals surface area contributed by atoms with Gasteiger partial charge in [0.1, 0.15) is 6.10 Å². The summed E-state index contributed by atoms with van der Waals surface area (Å²) in [6.07, 6.45) is 2.23. The first kappa shape index (κ1) is 14.2. The second-order valence-corrected chi connectivity index (χ2v) is 4.96. The minimum atomic E-state index is -1.17. The van der Waals surface area contributed by atoms with Crippen LogP contribution in [0, 0.1) is 0 Å². The first-order valence-electron chi connectivity index (χ1n) is 7.04. The van der Waals surface area contributed by atoms with E-state index in [0.717, 1.165) is 11.1 Å². The van der Waals surface area contributed by atoms with E-state index in [0.29, 0.717) is 11.1 Å². The van der Waals surface area contributed by atoms with Gasteiger partial charge in [0, 0.05) is 23.5 Å². The van der Waals surface area contributed by atoms with Gasteiger partial charge in [-0.15, -0.1) is 0 Å². The second-order valence-electron chi connectivity index (χ2n) is 4.96. The van der Waals surface area contributed by atoms with Gasteiger partial charge in [0.25, 0.3) is 0 Å². The molecule has 3 aromatic rings. The van der Waals surface area contributed by atoms with Crippen LogP contribution in [0.25, 0.3) is 11.1 Å². The highest BCUT2D eigenvalue weighted by Crippen LogP contribution is 2.27. The average molecular weight is 289 g/mol. The molecule has 0 amide bonds. The van der Waals surface area contributed by atoms with Crippen molar-refractivity contribution in [2.24, 2.45) is 0 Å². The molecule has 1 unspecified atom stereocenters. The van der Waals surface area contributed by atoms with Crippen LogP contribution >= 0.6 is 0 Å². The molecule has 0 fully saturated rings. The van der Waals surface area contributed by atoms with Gasteiger partial charge in [-0.3, -0.25) is 9.78 Å². The summed E-state index contributed by atoms with van der Waals surface area (Å²) in [5, 5.41) is 10.3. The van der Waals surface area contributed by atoms with Crippen LogP contribution in [0.1, 0.15) is 22.0 Å². The van der Waals surface area contributed by atoms with E-state index in [4.69, 9.17) is 0 Å². The summed E-state index contributed by atoms with van der Waals surface area (Å²) < 4.78 is 0. The molecule has 0 aliphatic carbocycles. The zero-order valence-electron chi connectivity index (χ0n) is 11.9. The number of nitrogens with zero attached hydrogens (tertiary/aromatic N) is 1. The van der Waals surface area contributed by atoms with Crippen LogP contribution < -0.4 is 0 Å². The molecule has 2 aromatic carbocycles. The maximum absolute atomic E-state index is 12.7. The fourth-order valence-electron chi connectivity index (χ4n) is 2.41. The molecule has 0 saturated carbocycles. The Balaban J connectivity index is 2.01. The number of hydrogen-bond donors (Lipinski definition) is 1. The minimum Gasteiger partial charge on any atom is -0.380 e. The normalized spacial score (nSPS) is 11.9. The van der Waals surface area contributed by atoms with E-state index in [9.17, 15) is 9.90 Å². The molecule has 0 saturated heterocycles. The van der Waals surface area contributed by atoms with Crippen LogP contribution in [-0.4, -0.2) is 15.9 Å². The lowest BCUT2D eigenvalue weighted by atomic mass is 9.93. The Hall–Kier alpha value is -2.78. The fraction of sp³-hybridized carbons (Fsp3) is 0.0526. The summed E-state index contributed by atoms with van der Waals surface area (Å²) in [6.45, 7) is 0. The predicted molar refractivity (Wildman–Crippen MR) is 85.4 cm³/mol. The molecule has 3 rings (SSSR count). The van der Waals surface area contributed by atoms with Gasteiger partial charge in [0.15, 0.2) is 5.78 Å². The average Bonchev–Trinajstić information content (AvgIpc) is 2.62. The molecule has 1 aromatic heterocycles. The third-order valence-electron chi connectivity index (χ3n) is 3.53. The van der Waals surface area contributed by atoms with Crippen LogP contribution in [0.3, 0.4) is 0 Å². The zero-order valence-corrected chi connectivity index (χ0v) is 11.9. The number of ketones is 1. The second kappa shape index (κ2) is 6.33. The highest BCUT2D eigenvalue weighted by atomic mass is 16.3. The summed E-state index contributed by atoms with van der Waals surface area (Å²) in [5.41, 5.74) is 2.71. The van der Waals surface area contributed by atoms with Crippen LogP contribution in [0.15, 0.2) is 79.1 Å². The molecule has 108 valence electrons. The Morgan fingerprint density at radius 1 is 0.909 bits per heavy atom. The number of benzene rings is 2. The summed E-state index contributed by atoms with van der Waals surface area (Å²) in [7, 11) is 0. The molecule has 3 nitrogen and oxygen atoms in total. The van der Waals surface area contributed by atoms with Crippen molar-refractivity contribution in [1.82, 2.24) is 4.98 Å². The van der Waals surface area contributed by atoms with Crippen molar-refractivity contribution in [3.63, 3.8) is 0 Å². The molecular formula is C19H15NO2. The Kier molecular flexibility index (Phi) is 4.08. The van der Waals surface area contributed by atoms with E-state index < -0.39 is 6.10 Å². The Labute approximate surface area is 128 Å². The number of aromatic nitrogens is 1. The van der Waals surface area contributed by atoms with E-state index in [1.54, 1.807) is 48.8 Å². The van der Waals surface area contributed by atoms with Gasteiger partial charge in [-0.1, -0.05) is 60.7 Å². The van der Waals surface area contributed by atoms with Gasteiger partial charge in [-0.05, 0) is 17.2 Å². The van der Waals surface area contributed by atoms with Crippen molar-refractivity contribution in [3.8, 4) is 11.1 Å². The molecule has 1 heterocycles. The standard InChI is InChI=1S/C19H15NO2/c21-18(14-7-2-1-3-8-14)19(22)17-11-5-4-10-16(17)15-9-6-12-20-13-15/h1-13,18,21H. The van der Waals surface area contributed by atoms with Crippen molar-refractivity contribution in [2.45, 2.75) is 6.10 Å². The van der Waals surface area contributed by atoms with Crippen LogP contribution in [0.4, 0.5) is 0 Å². The van der Waals surface area contributed by atoms with Gasteiger partial charge in [-0.2, -0.15) is 0 Å². The van der Waals surface area contributed by atoms with E-state index >= 15 is 0 Å². The molecule has 1 N–H and O–H groups in total. The molecule has 0 aliphatic heterocycles. The number of aliphatic hydroxyl groups excluding tert-OH is 1. The summed E-state index contributed by atoms with van der Waals surface area (Å²) in [4.78, 5) is 16.8. The number of aliphatic hydroxyl groups is 1. The smallest absolute Gasteiger partial charge is 0.196 e. The van der Waals surface area contributed by atoms with E-state index in [1.165, 1.54) is 0 Å². The van der Waals surface area contributed by atoms with Crippen molar-refractivity contribution in [3.05, 3.63) is 90.3 Å². The maximum Gasteiger partial charge on any atom is 0.196 e. The summed E-state index contributed by atoms with van der Waals surface area (Å²) in [5.74, 6) is -0.314. The largest absolute Gasteiger partial charge is 0.380 e. The third-order valence-corrected chi connectivity index (χ3v) is 3.53. The molecule has 1 atom stereocenters. The molecule has 0 spiro atoms. The quantitative estimate of drug-likeness (QED) is 0.746. The van der Waals surface area contributed by atoms with Gasteiger partial charge in [0.05, 0.1) is 0 Å². The van der Waals surface area contributed by atoms with Crippen molar-refractivity contribution in [1.29, 1.82) is 0 Å². The summed E-state index contributed by atoms with van der Waals surface area (Å²) >= 11 is 0. The molecule has 22 heavy (non-hydrogen) atoms. The minimum absolute atomic E-state index is 0.314. The highest BCUT2D eigenvalue weighted by molar-refractivity contribution is 6.05. The predicted octanol–water partition coefficient (Wildman–Crippen LogP) is 3.66. The van der Waals surface area contributed by atoms with Crippen LogP contribution in [0.5, 0.6) is 0 Å². The number of carbonyl (C=O) groups excluding carboxylic acids is 1. The highest BCUT2D eigenvalue weighted by Gasteiger charge is 2.21. The van der Waals surface area contributed by atoms with Crippen molar-refractivity contribution >= 4 is 5.78 Å². The third kappa shape index (κ3) is 2.80. The molecule has 0 bridgehead atoms. The van der Waals surface area contributed by atoms with Gasteiger partial charge >= 0.3 is 0 Å². The lowest BCUT2D eigenvalue weighted by molar-refractivity contribution is 0.0748. The Morgan fingerprint density at radius 2 is 1.64 bits per heavy atom. The molecule has 0 radical (unpaired) electrons. The van der Waals surface area contributed by atoms with Crippen molar-refractivity contribution < 1.29 is 9.90 Å². The number of hydrogen-bond acceptors (Lipinski definition) is 3. The molecule has 3 heteroatoms. The first-order valence-corrected chi connectivity index (χ1v) is 7.04. The van der Waals surface area contributed by atoms with Gasteiger partial charge in [-0.25, -0.2) is 0 Å². The van der Waals surface area contributed by atoms with Crippen LogP contribution in [0.2, 0.25) is 0 Å². The Bertz CT molecular complexity index is 770. The lowest BCUT2D eigenvalue weighted by Gasteiger charge is -2.13. The van der Waals surface area contributed by atoms with E-state index in [2.05, 4.69) is 4.98 Å². The molecule has 0 aliphatic rings. The Morgan fingerprint density at radius 3 is 2.36 bits per heavy atom. The number of Topliss-reactive ketones (excluding diaryl/α,β-unsaturated/α-hetero) is 1. The maximum atomic E-state index is 12.7. The lowest BCUT2D eigenvalue weighted by Crippen LogP contribution is -2.13. The van der Waals surface area contributed by atoms with Gasteiger partial charge < -0.3 is 5.11 Å². The zero-order chi connectivity index (χ0) is 15.4.